The first kappa shape index (κ1) is 18.8. The molecule has 2 saturated carbocycles. The van der Waals surface area contributed by atoms with E-state index in [4.69, 9.17) is 0 Å². The van der Waals surface area contributed by atoms with E-state index >= 15 is 0 Å². The van der Waals surface area contributed by atoms with Crippen LogP contribution in [-0.2, 0) is 10.0 Å². The van der Waals surface area contributed by atoms with Crippen molar-refractivity contribution in [1.29, 1.82) is 0 Å². The molecule has 0 bridgehead atoms. The molecule has 0 aromatic heterocycles. The second-order valence-corrected chi connectivity index (χ2v) is 11.0. The molecule has 146 valence electrons. The van der Waals surface area contributed by atoms with E-state index < -0.39 is 10.0 Å². The summed E-state index contributed by atoms with van der Waals surface area (Å²) in [5.74, 6) is 0.943. The highest BCUT2D eigenvalue weighted by atomic mass is 32.2. The Hall–Kier alpha value is -1.55. The molecule has 0 radical (unpaired) electrons. The highest BCUT2D eigenvalue weighted by Gasteiger charge is 2.60. The van der Waals surface area contributed by atoms with Crippen LogP contribution in [0.15, 0.2) is 52.6 Å². The molecule has 3 aliphatic rings. The molecule has 1 aromatic rings. The summed E-state index contributed by atoms with van der Waals surface area (Å²) in [7, 11) is -3.49. The zero-order valence-electron chi connectivity index (χ0n) is 16.7. The summed E-state index contributed by atoms with van der Waals surface area (Å²) in [6.45, 7) is 7.19. The van der Waals surface area contributed by atoms with Crippen molar-refractivity contribution in [3.05, 3.63) is 53.3 Å². The van der Waals surface area contributed by atoms with E-state index in [1.54, 1.807) is 27.6 Å². The topological polar surface area (TPSA) is 37.4 Å². The number of hydrogen-bond acceptors (Lipinski definition) is 2. The maximum atomic E-state index is 13.2. The first-order valence-electron chi connectivity index (χ1n) is 10.3. The maximum Gasteiger partial charge on any atom is 0.263 e. The Balaban J connectivity index is 1.66. The van der Waals surface area contributed by atoms with Crippen LogP contribution in [0.2, 0.25) is 0 Å². The number of rotatable bonds is 2. The number of aryl methyl sites for hydroxylation is 1. The van der Waals surface area contributed by atoms with Gasteiger partial charge in [0.05, 0.1) is 4.90 Å². The Kier molecular flexibility index (Phi) is 4.74. The third-order valence-corrected chi connectivity index (χ3v) is 8.71. The Labute approximate surface area is 164 Å². The number of hydrogen-bond donors (Lipinski definition) is 0. The lowest BCUT2D eigenvalue weighted by Gasteiger charge is -2.24. The molecule has 27 heavy (non-hydrogen) atoms. The van der Waals surface area contributed by atoms with Crippen molar-refractivity contribution in [1.82, 2.24) is 4.31 Å². The molecular weight excluding hydrogens is 354 g/mol. The molecule has 0 unspecified atom stereocenters. The molecule has 1 aromatic carbocycles. The van der Waals surface area contributed by atoms with Gasteiger partial charge in [0.2, 0.25) is 0 Å². The summed E-state index contributed by atoms with van der Waals surface area (Å²) >= 11 is 0. The summed E-state index contributed by atoms with van der Waals surface area (Å²) < 4.78 is 28.0. The summed E-state index contributed by atoms with van der Waals surface area (Å²) in [5.41, 5.74) is 4.55. The predicted octanol–water partition coefficient (Wildman–Crippen LogP) is 5.44. The third kappa shape index (κ3) is 3.37. The van der Waals surface area contributed by atoms with E-state index in [1.165, 1.54) is 32.1 Å². The second-order valence-electron chi connectivity index (χ2n) is 9.07. The molecule has 1 heterocycles. The Morgan fingerprint density at radius 3 is 2.37 bits per heavy atom. The van der Waals surface area contributed by atoms with E-state index in [9.17, 15) is 8.42 Å². The minimum absolute atomic E-state index is 0.187. The predicted molar refractivity (Wildman–Crippen MR) is 110 cm³/mol. The van der Waals surface area contributed by atoms with Crippen LogP contribution in [0, 0.1) is 24.2 Å². The van der Waals surface area contributed by atoms with E-state index in [0.29, 0.717) is 23.3 Å². The molecule has 0 amide bonds. The third-order valence-electron chi connectivity index (χ3n) is 6.95. The van der Waals surface area contributed by atoms with Crippen LogP contribution in [0.4, 0.5) is 0 Å². The number of allylic oxidation sites excluding steroid dienone is 3. The summed E-state index contributed by atoms with van der Waals surface area (Å²) in [5, 5.41) is 0. The standard InChI is InChI=1S/C23H31NO2S/c1-17-11-13-19(14-12-17)27(25,26)24-15-7-10-20(18-8-5-4-6-9-18)22-21(16-24)23(22,2)3/h7,11-15,21-22H,4-6,8-10,16H2,1-3H3/b15-7-/t21-,22+/m1/s1. The molecule has 0 spiro atoms. The van der Waals surface area contributed by atoms with Gasteiger partial charge >= 0.3 is 0 Å². The van der Waals surface area contributed by atoms with Gasteiger partial charge in [0.25, 0.3) is 10.0 Å². The van der Waals surface area contributed by atoms with Gasteiger partial charge in [-0.15, -0.1) is 0 Å². The van der Waals surface area contributed by atoms with Crippen LogP contribution in [0.25, 0.3) is 0 Å². The number of sulfonamides is 1. The van der Waals surface area contributed by atoms with Gasteiger partial charge in [-0.2, -0.15) is 0 Å². The van der Waals surface area contributed by atoms with Gasteiger partial charge in [-0.05, 0) is 68.4 Å². The molecule has 2 atom stereocenters. The minimum Gasteiger partial charge on any atom is -0.273 e. The zero-order valence-corrected chi connectivity index (χ0v) is 17.6. The van der Waals surface area contributed by atoms with Crippen LogP contribution in [0.1, 0.15) is 57.9 Å². The highest BCUT2D eigenvalue weighted by molar-refractivity contribution is 7.89. The molecule has 2 fully saturated rings. The molecule has 4 heteroatoms. The van der Waals surface area contributed by atoms with Crippen LogP contribution in [0.3, 0.4) is 0 Å². The zero-order chi connectivity index (χ0) is 19.2. The number of fused-ring (bicyclic) bond motifs is 1. The molecule has 3 nitrogen and oxygen atoms in total. The fraction of sp³-hybridized carbons (Fsp3) is 0.565. The quantitative estimate of drug-likeness (QED) is 0.636. The van der Waals surface area contributed by atoms with Crippen molar-refractivity contribution in [3.8, 4) is 0 Å². The van der Waals surface area contributed by atoms with E-state index in [-0.39, 0.29) is 5.41 Å². The number of benzene rings is 1. The van der Waals surface area contributed by atoms with Crippen LogP contribution in [0.5, 0.6) is 0 Å². The lowest BCUT2D eigenvalue weighted by molar-refractivity contribution is 0.441. The first-order valence-corrected chi connectivity index (χ1v) is 11.7. The Morgan fingerprint density at radius 1 is 1.04 bits per heavy atom. The molecule has 0 N–H and O–H groups in total. The van der Waals surface area contributed by atoms with Crippen LogP contribution in [-0.4, -0.2) is 19.3 Å². The van der Waals surface area contributed by atoms with Gasteiger partial charge in [0.15, 0.2) is 0 Å². The number of nitrogens with zero attached hydrogens (tertiary/aromatic N) is 1. The van der Waals surface area contributed by atoms with Crippen molar-refractivity contribution < 1.29 is 8.42 Å². The van der Waals surface area contributed by atoms with Crippen molar-refractivity contribution in [2.75, 3.05) is 6.54 Å². The van der Waals surface area contributed by atoms with Crippen LogP contribution < -0.4 is 0 Å². The maximum absolute atomic E-state index is 13.2. The SMILES string of the molecule is Cc1ccc(S(=O)(=O)N2/C=C\CC(=C3CCCCC3)[C@H]3[C@@H](C2)C3(C)C)cc1. The minimum atomic E-state index is -3.49. The Bertz CT molecular complexity index is 869. The monoisotopic (exact) mass is 385 g/mol. The second kappa shape index (κ2) is 6.80. The first-order chi connectivity index (χ1) is 12.8. The van der Waals surface area contributed by atoms with Gasteiger partial charge in [-0.3, -0.25) is 4.31 Å². The van der Waals surface area contributed by atoms with Crippen molar-refractivity contribution >= 4 is 10.0 Å². The summed E-state index contributed by atoms with van der Waals surface area (Å²) in [6.07, 6.45) is 11.3. The van der Waals surface area contributed by atoms with Gasteiger partial charge in [-0.25, -0.2) is 8.42 Å². The van der Waals surface area contributed by atoms with Gasteiger partial charge in [0, 0.05) is 12.7 Å². The fourth-order valence-electron chi connectivity index (χ4n) is 5.14. The van der Waals surface area contributed by atoms with Gasteiger partial charge in [-0.1, -0.05) is 55.2 Å². The van der Waals surface area contributed by atoms with Crippen molar-refractivity contribution in [2.45, 2.75) is 64.2 Å². The van der Waals surface area contributed by atoms with Gasteiger partial charge < -0.3 is 0 Å². The molecule has 0 saturated heterocycles. The Morgan fingerprint density at radius 2 is 1.70 bits per heavy atom. The normalized spacial score (nSPS) is 28.9. The molecule has 4 rings (SSSR count). The highest BCUT2D eigenvalue weighted by Crippen LogP contribution is 2.64. The lowest BCUT2D eigenvalue weighted by Crippen LogP contribution is -2.29. The van der Waals surface area contributed by atoms with Crippen molar-refractivity contribution in [3.63, 3.8) is 0 Å². The van der Waals surface area contributed by atoms with Crippen molar-refractivity contribution in [2.24, 2.45) is 17.3 Å². The average molecular weight is 386 g/mol. The summed E-state index contributed by atoms with van der Waals surface area (Å²) in [4.78, 5) is 0.388. The lowest BCUT2D eigenvalue weighted by atomic mass is 9.86. The summed E-state index contributed by atoms with van der Waals surface area (Å²) in [6, 6.07) is 7.19. The largest absolute Gasteiger partial charge is 0.273 e. The average Bonchev–Trinajstić information content (AvgIpc) is 3.14. The van der Waals surface area contributed by atoms with E-state index in [2.05, 4.69) is 19.9 Å². The van der Waals surface area contributed by atoms with Crippen LogP contribution >= 0.6 is 0 Å². The fourth-order valence-corrected chi connectivity index (χ4v) is 6.50. The molecule has 1 aliphatic heterocycles. The molecule has 2 aliphatic carbocycles. The van der Waals surface area contributed by atoms with E-state index in [1.807, 2.05) is 25.3 Å². The smallest absolute Gasteiger partial charge is 0.263 e. The van der Waals surface area contributed by atoms with E-state index in [0.717, 1.165) is 12.0 Å². The molecular formula is C23H31NO2S. The van der Waals surface area contributed by atoms with Gasteiger partial charge in [0.1, 0.15) is 0 Å².